The summed E-state index contributed by atoms with van der Waals surface area (Å²) in [6.07, 6.45) is 7.38. The summed E-state index contributed by atoms with van der Waals surface area (Å²) >= 11 is 0. The first-order valence-electron chi connectivity index (χ1n) is 7.99. The summed E-state index contributed by atoms with van der Waals surface area (Å²) in [5.41, 5.74) is 0. The maximum atomic E-state index is 11.6. The van der Waals surface area contributed by atoms with Crippen LogP contribution in [0.15, 0.2) is 0 Å². The summed E-state index contributed by atoms with van der Waals surface area (Å²) in [7, 11) is 0. The monoisotopic (exact) mass is 286 g/mol. The molecule has 0 aromatic carbocycles. The van der Waals surface area contributed by atoms with Gasteiger partial charge < -0.3 is 9.47 Å². The summed E-state index contributed by atoms with van der Waals surface area (Å²) in [5.74, 6) is -0.287. The van der Waals surface area contributed by atoms with E-state index in [1.165, 1.54) is 0 Å². The van der Waals surface area contributed by atoms with E-state index in [1.54, 1.807) is 6.92 Å². The number of esters is 2. The van der Waals surface area contributed by atoms with E-state index in [-0.39, 0.29) is 18.0 Å². The minimum Gasteiger partial charge on any atom is -0.466 e. The summed E-state index contributed by atoms with van der Waals surface area (Å²) in [5, 5.41) is 0. The van der Waals surface area contributed by atoms with Crippen molar-refractivity contribution in [2.45, 2.75) is 84.7 Å². The van der Waals surface area contributed by atoms with Crippen molar-refractivity contribution >= 4 is 11.9 Å². The lowest BCUT2D eigenvalue weighted by atomic mass is 10.0. The molecule has 0 aromatic rings. The van der Waals surface area contributed by atoms with E-state index in [0.29, 0.717) is 19.4 Å². The van der Waals surface area contributed by atoms with Crippen molar-refractivity contribution in [3.8, 4) is 0 Å². The molecule has 0 amide bonds. The topological polar surface area (TPSA) is 52.6 Å². The standard InChI is InChI=1S/C16H30O4/c1-4-7-8-11-14(20-16(18)10-5-2)12-9-13-15(17)19-6-3/h14H,4-13H2,1-3H3. The second kappa shape index (κ2) is 12.9. The van der Waals surface area contributed by atoms with E-state index in [1.807, 2.05) is 6.92 Å². The second-order valence-electron chi connectivity index (χ2n) is 5.05. The number of carbonyl (C=O) groups excluding carboxylic acids is 2. The maximum Gasteiger partial charge on any atom is 0.306 e. The molecule has 1 unspecified atom stereocenters. The molecule has 0 spiro atoms. The van der Waals surface area contributed by atoms with Gasteiger partial charge in [-0.15, -0.1) is 0 Å². The summed E-state index contributed by atoms with van der Waals surface area (Å²) in [6.45, 7) is 6.34. The first-order chi connectivity index (χ1) is 9.63. The second-order valence-corrected chi connectivity index (χ2v) is 5.05. The molecule has 0 aliphatic rings. The smallest absolute Gasteiger partial charge is 0.306 e. The van der Waals surface area contributed by atoms with Gasteiger partial charge in [-0.1, -0.05) is 26.7 Å². The Labute approximate surface area is 123 Å². The Bertz CT molecular complexity index is 263. The van der Waals surface area contributed by atoms with Gasteiger partial charge in [0.1, 0.15) is 6.10 Å². The van der Waals surface area contributed by atoms with Gasteiger partial charge in [0.2, 0.25) is 0 Å². The molecule has 0 radical (unpaired) electrons. The maximum absolute atomic E-state index is 11.6. The van der Waals surface area contributed by atoms with Crippen molar-refractivity contribution in [2.24, 2.45) is 0 Å². The van der Waals surface area contributed by atoms with Crippen molar-refractivity contribution in [1.82, 2.24) is 0 Å². The lowest BCUT2D eigenvalue weighted by molar-refractivity contribution is -0.150. The molecule has 4 nitrogen and oxygen atoms in total. The third kappa shape index (κ3) is 10.8. The molecule has 0 heterocycles. The molecule has 0 rings (SSSR count). The van der Waals surface area contributed by atoms with Crippen LogP contribution in [0, 0.1) is 0 Å². The van der Waals surface area contributed by atoms with Gasteiger partial charge in [-0.05, 0) is 39.0 Å². The largest absolute Gasteiger partial charge is 0.466 e. The molecule has 0 aromatic heterocycles. The minimum absolute atomic E-state index is 0.0463. The third-order valence-corrected chi connectivity index (χ3v) is 3.09. The Hall–Kier alpha value is -1.06. The molecule has 0 saturated carbocycles. The molecule has 1 atom stereocenters. The van der Waals surface area contributed by atoms with E-state index < -0.39 is 0 Å². The zero-order chi connectivity index (χ0) is 15.2. The summed E-state index contributed by atoms with van der Waals surface area (Å²) in [6, 6.07) is 0. The Morgan fingerprint density at radius 1 is 0.850 bits per heavy atom. The Morgan fingerprint density at radius 2 is 1.55 bits per heavy atom. The zero-order valence-electron chi connectivity index (χ0n) is 13.3. The van der Waals surface area contributed by atoms with Crippen LogP contribution >= 0.6 is 0 Å². The molecule has 0 bridgehead atoms. The average Bonchev–Trinajstić information content (AvgIpc) is 2.39. The number of hydrogen-bond donors (Lipinski definition) is 0. The van der Waals surface area contributed by atoms with Crippen molar-refractivity contribution in [1.29, 1.82) is 0 Å². The highest BCUT2D eigenvalue weighted by Crippen LogP contribution is 2.15. The van der Waals surface area contributed by atoms with Crippen LogP contribution in [0.5, 0.6) is 0 Å². The van der Waals surface area contributed by atoms with Crippen molar-refractivity contribution in [3.05, 3.63) is 0 Å². The van der Waals surface area contributed by atoms with Gasteiger partial charge >= 0.3 is 11.9 Å². The van der Waals surface area contributed by atoms with Crippen LogP contribution in [0.4, 0.5) is 0 Å². The fraction of sp³-hybridized carbons (Fsp3) is 0.875. The SMILES string of the molecule is CCCCCC(CCCC(=O)OCC)OC(=O)CCC. The van der Waals surface area contributed by atoms with Crippen LogP contribution in [0.25, 0.3) is 0 Å². The van der Waals surface area contributed by atoms with Gasteiger partial charge in [-0.3, -0.25) is 9.59 Å². The molecule has 0 N–H and O–H groups in total. The highest BCUT2D eigenvalue weighted by atomic mass is 16.5. The van der Waals surface area contributed by atoms with Gasteiger partial charge in [0.15, 0.2) is 0 Å². The van der Waals surface area contributed by atoms with Crippen LogP contribution in [0.3, 0.4) is 0 Å². The Morgan fingerprint density at radius 3 is 2.15 bits per heavy atom. The Kier molecular flexibility index (Phi) is 12.3. The first kappa shape index (κ1) is 18.9. The van der Waals surface area contributed by atoms with Crippen LogP contribution in [0.2, 0.25) is 0 Å². The van der Waals surface area contributed by atoms with Crippen LogP contribution in [-0.4, -0.2) is 24.6 Å². The van der Waals surface area contributed by atoms with Gasteiger partial charge in [0.05, 0.1) is 6.61 Å². The minimum atomic E-state index is -0.167. The summed E-state index contributed by atoms with van der Waals surface area (Å²) < 4.78 is 10.4. The number of rotatable bonds is 12. The lowest BCUT2D eigenvalue weighted by Crippen LogP contribution is -2.18. The van der Waals surface area contributed by atoms with Crippen molar-refractivity contribution in [3.63, 3.8) is 0 Å². The lowest BCUT2D eigenvalue weighted by Gasteiger charge is -2.17. The van der Waals surface area contributed by atoms with Gasteiger partial charge in [-0.25, -0.2) is 0 Å². The molecule has 4 heteroatoms. The third-order valence-electron chi connectivity index (χ3n) is 3.09. The van der Waals surface area contributed by atoms with Gasteiger partial charge in [0.25, 0.3) is 0 Å². The normalized spacial score (nSPS) is 11.9. The molecule has 0 saturated heterocycles. The Balaban J connectivity index is 4.02. The predicted molar refractivity (Wildman–Crippen MR) is 79.4 cm³/mol. The number of hydrogen-bond acceptors (Lipinski definition) is 4. The zero-order valence-corrected chi connectivity index (χ0v) is 13.3. The molecule has 20 heavy (non-hydrogen) atoms. The van der Waals surface area contributed by atoms with Gasteiger partial charge in [-0.2, -0.15) is 0 Å². The molecule has 118 valence electrons. The molecular formula is C16H30O4. The van der Waals surface area contributed by atoms with E-state index in [4.69, 9.17) is 9.47 Å². The molecule has 0 aliphatic heterocycles. The number of carbonyl (C=O) groups is 2. The van der Waals surface area contributed by atoms with Crippen LogP contribution in [0.1, 0.15) is 78.6 Å². The van der Waals surface area contributed by atoms with E-state index in [9.17, 15) is 9.59 Å². The predicted octanol–water partition coefficient (Wildman–Crippen LogP) is 4.01. The first-order valence-corrected chi connectivity index (χ1v) is 7.99. The average molecular weight is 286 g/mol. The van der Waals surface area contributed by atoms with Gasteiger partial charge in [0, 0.05) is 12.8 Å². The number of ether oxygens (including phenoxy) is 2. The van der Waals surface area contributed by atoms with Crippen molar-refractivity contribution < 1.29 is 19.1 Å². The van der Waals surface area contributed by atoms with E-state index in [2.05, 4.69) is 6.92 Å². The van der Waals surface area contributed by atoms with Crippen LogP contribution < -0.4 is 0 Å². The highest BCUT2D eigenvalue weighted by Gasteiger charge is 2.14. The van der Waals surface area contributed by atoms with E-state index >= 15 is 0 Å². The molecule has 0 aliphatic carbocycles. The van der Waals surface area contributed by atoms with Crippen LogP contribution in [-0.2, 0) is 19.1 Å². The molecular weight excluding hydrogens is 256 g/mol. The quantitative estimate of drug-likeness (QED) is 0.402. The fourth-order valence-corrected chi connectivity index (χ4v) is 2.04. The fourth-order valence-electron chi connectivity index (χ4n) is 2.04. The molecule has 0 fully saturated rings. The summed E-state index contributed by atoms with van der Waals surface area (Å²) in [4.78, 5) is 22.9. The number of unbranched alkanes of at least 4 members (excludes halogenated alkanes) is 2. The van der Waals surface area contributed by atoms with Crippen molar-refractivity contribution in [2.75, 3.05) is 6.61 Å². The highest BCUT2D eigenvalue weighted by molar-refractivity contribution is 5.69. The van der Waals surface area contributed by atoms with E-state index in [0.717, 1.165) is 44.9 Å².